The lowest BCUT2D eigenvalue weighted by Gasteiger charge is -2.37. The highest BCUT2D eigenvalue weighted by molar-refractivity contribution is 9.10. The number of hydrogen-bond donors (Lipinski definition) is 0. The Labute approximate surface area is 167 Å². The SMILES string of the molecule is O=C(OCc1ccccc1)N1CCc2ccccc2C1c1ccc(Br)cc1. The van der Waals surface area contributed by atoms with Crippen LogP contribution in [0.25, 0.3) is 0 Å². The molecular weight excluding hydrogens is 402 g/mol. The summed E-state index contributed by atoms with van der Waals surface area (Å²) in [6, 6.07) is 26.1. The summed E-state index contributed by atoms with van der Waals surface area (Å²) in [7, 11) is 0. The van der Waals surface area contributed by atoms with Gasteiger partial charge in [-0.25, -0.2) is 4.79 Å². The van der Waals surface area contributed by atoms with Crippen molar-refractivity contribution in [2.75, 3.05) is 6.54 Å². The summed E-state index contributed by atoms with van der Waals surface area (Å²) in [6.45, 7) is 0.927. The van der Waals surface area contributed by atoms with Gasteiger partial charge < -0.3 is 4.74 Å². The number of benzene rings is 3. The molecule has 0 aromatic heterocycles. The highest BCUT2D eigenvalue weighted by atomic mass is 79.9. The third kappa shape index (κ3) is 3.91. The highest BCUT2D eigenvalue weighted by Crippen LogP contribution is 2.36. The molecule has 0 fully saturated rings. The van der Waals surface area contributed by atoms with Gasteiger partial charge in [-0.15, -0.1) is 0 Å². The quantitative estimate of drug-likeness (QED) is 0.539. The molecular formula is C23H20BrNO2. The lowest BCUT2D eigenvalue weighted by atomic mass is 9.88. The fourth-order valence-electron chi connectivity index (χ4n) is 3.57. The molecule has 1 unspecified atom stereocenters. The van der Waals surface area contributed by atoms with Crippen molar-refractivity contribution in [2.24, 2.45) is 0 Å². The van der Waals surface area contributed by atoms with Crippen molar-refractivity contribution < 1.29 is 9.53 Å². The minimum Gasteiger partial charge on any atom is -0.445 e. The molecule has 0 radical (unpaired) electrons. The molecule has 3 aromatic rings. The summed E-state index contributed by atoms with van der Waals surface area (Å²) in [4.78, 5) is 14.8. The molecule has 1 aliphatic heterocycles. The number of carbonyl (C=O) groups excluding carboxylic acids is 1. The van der Waals surface area contributed by atoms with Crippen LogP contribution < -0.4 is 0 Å². The first-order chi connectivity index (χ1) is 13.2. The zero-order valence-electron chi connectivity index (χ0n) is 14.8. The van der Waals surface area contributed by atoms with Crippen molar-refractivity contribution in [3.05, 3.63) is 106 Å². The van der Waals surface area contributed by atoms with E-state index in [1.54, 1.807) is 0 Å². The Bertz CT molecular complexity index is 925. The normalized spacial score (nSPS) is 15.9. The van der Waals surface area contributed by atoms with Gasteiger partial charge in [-0.3, -0.25) is 4.90 Å². The average Bonchev–Trinajstić information content (AvgIpc) is 2.72. The first kappa shape index (κ1) is 17.8. The van der Waals surface area contributed by atoms with E-state index in [0.717, 1.165) is 22.0 Å². The topological polar surface area (TPSA) is 29.5 Å². The Morgan fingerprint density at radius 2 is 1.67 bits per heavy atom. The van der Waals surface area contributed by atoms with Crippen LogP contribution in [0.2, 0.25) is 0 Å². The molecule has 0 bridgehead atoms. The number of rotatable bonds is 3. The number of fused-ring (bicyclic) bond motifs is 1. The molecule has 1 amide bonds. The second-order valence-corrected chi connectivity index (χ2v) is 7.55. The first-order valence-electron chi connectivity index (χ1n) is 9.03. The van der Waals surface area contributed by atoms with Crippen molar-refractivity contribution in [1.82, 2.24) is 4.90 Å². The molecule has 1 aliphatic rings. The van der Waals surface area contributed by atoms with E-state index in [1.165, 1.54) is 11.1 Å². The van der Waals surface area contributed by atoms with E-state index in [1.807, 2.05) is 53.4 Å². The Kier molecular flexibility index (Phi) is 5.26. The average molecular weight is 422 g/mol. The first-order valence-corrected chi connectivity index (χ1v) is 9.82. The maximum absolute atomic E-state index is 12.9. The summed E-state index contributed by atoms with van der Waals surface area (Å²) >= 11 is 3.49. The second-order valence-electron chi connectivity index (χ2n) is 6.64. The lowest BCUT2D eigenvalue weighted by Crippen LogP contribution is -2.40. The van der Waals surface area contributed by atoms with Gasteiger partial charge in [-0.1, -0.05) is 82.7 Å². The fourth-order valence-corrected chi connectivity index (χ4v) is 3.83. The van der Waals surface area contributed by atoms with Crippen LogP contribution in [0.1, 0.15) is 28.3 Å². The van der Waals surface area contributed by atoms with E-state index >= 15 is 0 Å². The molecule has 0 aliphatic carbocycles. The molecule has 0 N–H and O–H groups in total. The van der Waals surface area contributed by atoms with E-state index in [2.05, 4.69) is 46.3 Å². The molecule has 1 atom stereocenters. The Hall–Kier alpha value is -2.59. The third-order valence-corrected chi connectivity index (χ3v) is 5.44. The van der Waals surface area contributed by atoms with E-state index < -0.39 is 0 Å². The predicted octanol–water partition coefficient (Wildman–Crippen LogP) is 5.73. The van der Waals surface area contributed by atoms with Crippen LogP contribution in [-0.4, -0.2) is 17.5 Å². The van der Waals surface area contributed by atoms with Crippen molar-refractivity contribution in [1.29, 1.82) is 0 Å². The van der Waals surface area contributed by atoms with Crippen LogP contribution in [0.3, 0.4) is 0 Å². The molecule has 3 aromatic carbocycles. The molecule has 136 valence electrons. The maximum atomic E-state index is 12.9. The predicted molar refractivity (Wildman–Crippen MR) is 109 cm³/mol. The van der Waals surface area contributed by atoms with Crippen LogP contribution in [0, 0.1) is 0 Å². The molecule has 27 heavy (non-hydrogen) atoms. The van der Waals surface area contributed by atoms with Crippen LogP contribution in [-0.2, 0) is 17.8 Å². The van der Waals surface area contributed by atoms with Crippen molar-refractivity contribution >= 4 is 22.0 Å². The van der Waals surface area contributed by atoms with E-state index in [9.17, 15) is 4.79 Å². The minimum absolute atomic E-state index is 0.133. The van der Waals surface area contributed by atoms with Crippen molar-refractivity contribution in [2.45, 2.75) is 19.1 Å². The number of nitrogens with zero attached hydrogens (tertiary/aromatic N) is 1. The van der Waals surface area contributed by atoms with Crippen LogP contribution in [0.4, 0.5) is 4.79 Å². The summed E-state index contributed by atoms with van der Waals surface area (Å²) in [6.07, 6.45) is 0.560. The summed E-state index contributed by atoms with van der Waals surface area (Å²) in [5.74, 6) is 0. The van der Waals surface area contributed by atoms with Gasteiger partial charge in [-0.05, 0) is 40.8 Å². The largest absolute Gasteiger partial charge is 0.445 e. The molecule has 4 heteroatoms. The van der Waals surface area contributed by atoms with Crippen LogP contribution in [0.5, 0.6) is 0 Å². The molecule has 4 rings (SSSR count). The Balaban J connectivity index is 1.62. The zero-order valence-corrected chi connectivity index (χ0v) is 16.4. The maximum Gasteiger partial charge on any atom is 0.410 e. The van der Waals surface area contributed by atoms with E-state index in [4.69, 9.17) is 4.74 Å². The number of amides is 1. The van der Waals surface area contributed by atoms with Crippen molar-refractivity contribution in [3.63, 3.8) is 0 Å². The highest BCUT2D eigenvalue weighted by Gasteiger charge is 2.32. The smallest absolute Gasteiger partial charge is 0.410 e. The zero-order chi connectivity index (χ0) is 18.6. The van der Waals surface area contributed by atoms with Crippen molar-refractivity contribution in [3.8, 4) is 0 Å². The fraction of sp³-hybridized carbons (Fsp3) is 0.174. The number of carbonyl (C=O) groups is 1. The monoisotopic (exact) mass is 421 g/mol. The van der Waals surface area contributed by atoms with Gasteiger partial charge in [0.15, 0.2) is 0 Å². The number of hydrogen-bond acceptors (Lipinski definition) is 2. The molecule has 0 spiro atoms. The van der Waals surface area contributed by atoms with Gasteiger partial charge in [0.25, 0.3) is 0 Å². The van der Waals surface area contributed by atoms with Gasteiger partial charge in [0.1, 0.15) is 6.61 Å². The Morgan fingerprint density at radius 1 is 0.963 bits per heavy atom. The number of ether oxygens (including phenoxy) is 1. The Morgan fingerprint density at radius 3 is 2.44 bits per heavy atom. The van der Waals surface area contributed by atoms with Gasteiger partial charge in [0.2, 0.25) is 0 Å². The van der Waals surface area contributed by atoms with E-state index in [0.29, 0.717) is 6.54 Å². The van der Waals surface area contributed by atoms with Gasteiger partial charge in [0.05, 0.1) is 6.04 Å². The van der Waals surface area contributed by atoms with Crippen LogP contribution in [0.15, 0.2) is 83.3 Å². The third-order valence-electron chi connectivity index (χ3n) is 4.91. The van der Waals surface area contributed by atoms with Gasteiger partial charge in [-0.2, -0.15) is 0 Å². The molecule has 3 nitrogen and oxygen atoms in total. The summed E-state index contributed by atoms with van der Waals surface area (Å²) in [5, 5.41) is 0. The molecule has 0 saturated heterocycles. The molecule has 0 saturated carbocycles. The lowest BCUT2D eigenvalue weighted by molar-refractivity contribution is 0.0837. The van der Waals surface area contributed by atoms with Gasteiger partial charge in [0, 0.05) is 11.0 Å². The minimum atomic E-state index is -0.277. The standard InChI is InChI=1S/C23H20BrNO2/c24-20-12-10-19(11-13-20)22-21-9-5-4-8-18(21)14-15-25(22)23(26)27-16-17-6-2-1-3-7-17/h1-13,22H,14-16H2. The summed E-state index contributed by atoms with van der Waals surface area (Å²) in [5.41, 5.74) is 4.53. The van der Waals surface area contributed by atoms with Crippen LogP contribution >= 0.6 is 15.9 Å². The number of halogens is 1. The van der Waals surface area contributed by atoms with E-state index in [-0.39, 0.29) is 18.7 Å². The second kappa shape index (κ2) is 7.97. The molecule has 1 heterocycles. The van der Waals surface area contributed by atoms with Gasteiger partial charge >= 0.3 is 6.09 Å². The summed E-state index contributed by atoms with van der Waals surface area (Å²) < 4.78 is 6.66.